The molecule has 0 bridgehead atoms. The van der Waals surface area contributed by atoms with Gasteiger partial charge in [0.25, 0.3) is 0 Å². The van der Waals surface area contributed by atoms with E-state index in [1.165, 1.54) is 32.4 Å². The maximum Gasteiger partial charge on any atom is 0.334 e. The fraction of sp³-hybridized carbons (Fsp3) is 0.364. The summed E-state index contributed by atoms with van der Waals surface area (Å²) >= 11 is 0. The van der Waals surface area contributed by atoms with Crippen LogP contribution in [0.1, 0.15) is 0 Å². The second-order valence-corrected chi connectivity index (χ2v) is 3.59. The number of aliphatic carboxylic acids is 1. The number of benzene rings is 1. The third kappa shape index (κ3) is 3.81. The lowest BCUT2D eigenvalue weighted by molar-refractivity contribution is -0.385. The summed E-state index contributed by atoms with van der Waals surface area (Å²) in [6.07, 6.45) is -0.999. The van der Waals surface area contributed by atoms with Gasteiger partial charge in [0, 0.05) is 24.9 Å². The van der Waals surface area contributed by atoms with Crippen LogP contribution in [0.3, 0.4) is 0 Å². The van der Waals surface area contributed by atoms with Crippen LogP contribution in [0.4, 0.5) is 11.4 Å². The summed E-state index contributed by atoms with van der Waals surface area (Å²) in [6, 6.07) is 4.17. The first-order valence-corrected chi connectivity index (χ1v) is 5.31. The van der Waals surface area contributed by atoms with Crippen LogP contribution in [0.15, 0.2) is 18.2 Å². The molecule has 1 aromatic rings. The van der Waals surface area contributed by atoms with Crippen LogP contribution in [0.25, 0.3) is 0 Å². The molecule has 2 N–H and O–H groups in total. The lowest BCUT2D eigenvalue weighted by atomic mass is 10.2. The van der Waals surface area contributed by atoms with Gasteiger partial charge in [-0.2, -0.15) is 0 Å². The van der Waals surface area contributed by atoms with Gasteiger partial charge in [0.2, 0.25) is 0 Å². The van der Waals surface area contributed by atoms with E-state index in [-0.39, 0.29) is 18.0 Å². The van der Waals surface area contributed by atoms with E-state index in [4.69, 9.17) is 14.6 Å². The highest BCUT2D eigenvalue weighted by Crippen LogP contribution is 2.29. The van der Waals surface area contributed by atoms with Crippen molar-refractivity contribution in [2.24, 2.45) is 0 Å². The zero-order chi connectivity index (χ0) is 14.4. The molecule has 0 aliphatic rings. The Kier molecular flexibility index (Phi) is 5.07. The first kappa shape index (κ1) is 14.7. The van der Waals surface area contributed by atoms with Crippen molar-refractivity contribution in [3.05, 3.63) is 28.3 Å². The highest BCUT2D eigenvalue weighted by molar-refractivity contribution is 5.73. The monoisotopic (exact) mass is 270 g/mol. The van der Waals surface area contributed by atoms with Crippen molar-refractivity contribution in [2.75, 3.05) is 26.1 Å². The normalized spacial score (nSPS) is 11.7. The molecule has 0 fully saturated rings. The molecule has 0 spiro atoms. The third-order valence-corrected chi connectivity index (χ3v) is 2.43. The third-order valence-electron chi connectivity index (χ3n) is 2.43. The molecule has 0 saturated carbocycles. The molecule has 8 heteroatoms. The second-order valence-electron chi connectivity index (χ2n) is 3.59. The molecule has 0 aliphatic heterocycles. The van der Waals surface area contributed by atoms with E-state index in [1.807, 2.05) is 0 Å². The van der Waals surface area contributed by atoms with Crippen LogP contribution in [-0.2, 0) is 9.53 Å². The number of carbonyl (C=O) groups is 1. The van der Waals surface area contributed by atoms with Crippen LogP contribution in [-0.4, -0.2) is 42.9 Å². The molecule has 0 aliphatic carbocycles. The molecule has 8 nitrogen and oxygen atoms in total. The minimum absolute atomic E-state index is 0.0345. The molecule has 1 aromatic carbocycles. The Hall–Kier alpha value is -2.35. The smallest absolute Gasteiger partial charge is 0.334 e. The van der Waals surface area contributed by atoms with E-state index < -0.39 is 17.0 Å². The van der Waals surface area contributed by atoms with Crippen molar-refractivity contribution in [1.29, 1.82) is 0 Å². The maximum atomic E-state index is 10.7. The summed E-state index contributed by atoms with van der Waals surface area (Å²) in [6.45, 7) is 0.0345. The van der Waals surface area contributed by atoms with Crippen molar-refractivity contribution >= 4 is 17.3 Å². The minimum atomic E-state index is -1.09. The van der Waals surface area contributed by atoms with Gasteiger partial charge in [-0.25, -0.2) is 4.79 Å². The number of rotatable bonds is 7. The lowest BCUT2D eigenvalue weighted by Gasteiger charge is -2.13. The maximum absolute atomic E-state index is 10.7. The predicted octanol–water partition coefficient (Wildman–Crippen LogP) is 1.11. The predicted molar refractivity (Wildman–Crippen MR) is 66.6 cm³/mol. The summed E-state index contributed by atoms with van der Waals surface area (Å²) in [7, 11) is 2.61. The molecular weight excluding hydrogens is 256 g/mol. The number of carboxylic acids is 1. The number of hydrogen-bond acceptors (Lipinski definition) is 6. The van der Waals surface area contributed by atoms with Crippen molar-refractivity contribution in [2.45, 2.75) is 6.10 Å². The van der Waals surface area contributed by atoms with Crippen molar-refractivity contribution in [3.63, 3.8) is 0 Å². The van der Waals surface area contributed by atoms with Crippen LogP contribution >= 0.6 is 0 Å². The molecule has 1 unspecified atom stereocenters. The summed E-state index contributed by atoms with van der Waals surface area (Å²) in [5, 5.41) is 22.3. The first-order chi connectivity index (χ1) is 8.99. The summed E-state index contributed by atoms with van der Waals surface area (Å²) in [4.78, 5) is 20.9. The quantitative estimate of drug-likeness (QED) is 0.564. The van der Waals surface area contributed by atoms with E-state index in [0.717, 1.165) is 0 Å². The number of ether oxygens (including phenoxy) is 2. The zero-order valence-corrected chi connectivity index (χ0v) is 10.5. The number of nitro groups is 1. The number of hydrogen-bond donors (Lipinski definition) is 2. The van der Waals surface area contributed by atoms with Crippen LogP contribution < -0.4 is 10.1 Å². The largest absolute Gasteiger partial charge is 0.490 e. The highest BCUT2D eigenvalue weighted by atomic mass is 16.6. The highest BCUT2D eigenvalue weighted by Gasteiger charge is 2.18. The fourth-order valence-electron chi connectivity index (χ4n) is 1.42. The molecule has 104 valence electrons. The number of nitrogens with one attached hydrogen (secondary N) is 1. The zero-order valence-electron chi connectivity index (χ0n) is 10.5. The van der Waals surface area contributed by atoms with Gasteiger partial charge in [-0.3, -0.25) is 10.1 Å². The van der Waals surface area contributed by atoms with Crippen molar-refractivity contribution in [3.8, 4) is 5.75 Å². The van der Waals surface area contributed by atoms with Gasteiger partial charge in [0.1, 0.15) is 0 Å². The van der Waals surface area contributed by atoms with E-state index >= 15 is 0 Å². The van der Waals surface area contributed by atoms with Gasteiger partial charge in [0.15, 0.2) is 11.9 Å². The van der Waals surface area contributed by atoms with Crippen LogP contribution in [0.2, 0.25) is 0 Å². The SMILES string of the molecule is COc1cc(NCC(OC)C(=O)O)ccc1[N+](=O)[O-]. The van der Waals surface area contributed by atoms with Crippen LogP contribution in [0.5, 0.6) is 5.75 Å². The van der Waals surface area contributed by atoms with Gasteiger partial charge < -0.3 is 19.9 Å². The Bertz CT molecular complexity index is 476. The molecule has 0 amide bonds. The van der Waals surface area contributed by atoms with Gasteiger partial charge in [-0.15, -0.1) is 0 Å². The van der Waals surface area contributed by atoms with Gasteiger partial charge >= 0.3 is 11.7 Å². The molecule has 0 saturated heterocycles. The Morgan fingerprint density at radius 1 is 1.53 bits per heavy atom. The van der Waals surface area contributed by atoms with E-state index in [0.29, 0.717) is 5.69 Å². The van der Waals surface area contributed by atoms with Gasteiger partial charge in [-0.1, -0.05) is 0 Å². The standard InChI is InChI=1S/C11H14N2O6/c1-18-9-5-7(3-4-8(9)13(16)17)12-6-10(19-2)11(14)15/h3-5,10,12H,6H2,1-2H3,(H,14,15). The summed E-state index contributed by atoms with van der Waals surface area (Å²) in [5.74, 6) is -0.997. The summed E-state index contributed by atoms with van der Waals surface area (Å²) in [5.41, 5.74) is 0.348. The number of carboxylic acid groups (broad SMARTS) is 1. The van der Waals surface area contributed by atoms with E-state index in [2.05, 4.69) is 5.32 Å². The van der Waals surface area contributed by atoms with Gasteiger partial charge in [0.05, 0.1) is 18.6 Å². The Labute approximate surface area is 109 Å². The Morgan fingerprint density at radius 2 is 2.21 bits per heavy atom. The number of anilines is 1. The molecule has 19 heavy (non-hydrogen) atoms. The lowest BCUT2D eigenvalue weighted by Crippen LogP contribution is -2.30. The number of methoxy groups -OCH3 is 2. The second kappa shape index (κ2) is 6.55. The Morgan fingerprint density at radius 3 is 2.68 bits per heavy atom. The van der Waals surface area contributed by atoms with Gasteiger partial charge in [-0.05, 0) is 6.07 Å². The molecular formula is C11H14N2O6. The summed E-state index contributed by atoms with van der Waals surface area (Å²) < 4.78 is 9.65. The van der Waals surface area contributed by atoms with Crippen molar-refractivity contribution in [1.82, 2.24) is 0 Å². The van der Waals surface area contributed by atoms with Crippen LogP contribution in [0, 0.1) is 10.1 Å². The van der Waals surface area contributed by atoms with E-state index in [9.17, 15) is 14.9 Å². The Balaban J connectivity index is 2.80. The topological polar surface area (TPSA) is 111 Å². The molecule has 1 atom stereocenters. The first-order valence-electron chi connectivity index (χ1n) is 5.31. The average molecular weight is 270 g/mol. The molecule has 0 heterocycles. The van der Waals surface area contributed by atoms with E-state index in [1.54, 1.807) is 0 Å². The number of nitrogens with zero attached hydrogens (tertiary/aromatic N) is 1. The van der Waals surface area contributed by atoms with Crippen molar-refractivity contribution < 1.29 is 24.3 Å². The fourth-order valence-corrected chi connectivity index (χ4v) is 1.42. The molecule has 0 radical (unpaired) electrons. The molecule has 1 rings (SSSR count). The molecule has 0 aromatic heterocycles. The minimum Gasteiger partial charge on any atom is -0.490 e. The number of nitro benzene ring substituents is 1. The average Bonchev–Trinajstić information content (AvgIpc) is 2.38.